The molecule has 2 aliphatic rings. The maximum Gasteiger partial charge on any atom is 0.408 e. The van der Waals surface area contributed by atoms with Crippen LogP contribution in [0.5, 0.6) is 5.75 Å². The Balaban J connectivity index is 1.61. The number of alkyl carbamates (subject to hydrolysis) is 1. The first-order chi connectivity index (χ1) is 16.1. The summed E-state index contributed by atoms with van der Waals surface area (Å²) in [6.45, 7) is 9.25. The minimum absolute atomic E-state index is 0.0981. The number of rotatable bonds is 6. The second-order valence-electron chi connectivity index (χ2n) is 10.1. The second kappa shape index (κ2) is 11.6. The fourth-order valence-corrected chi connectivity index (χ4v) is 4.25. The van der Waals surface area contributed by atoms with Gasteiger partial charge in [0.25, 0.3) is 0 Å². The molecule has 9 nitrogen and oxygen atoms in total. The van der Waals surface area contributed by atoms with E-state index in [0.29, 0.717) is 39.0 Å². The van der Waals surface area contributed by atoms with Gasteiger partial charge in [0, 0.05) is 58.0 Å². The topological polar surface area (TPSA) is 91.4 Å². The van der Waals surface area contributed by atoms with E-state index in [4.69, 9.17) is 9.47 Å². The molecule has 0 aromatic heterocycles. The molecule has 34 heavy (non-hydrogen) atoms. The molecule has 2 heterocycles. The molecule has 1 aromatic carbocycles. The van der Waals surface area contributed by atoms with Crippen molar-refractivity contribution in [3.8, 4) is 5.75 Å². The van der Waals surface area contributed by atoms with Crippen LogP contribution in [0.25, 0.3) is 0 Å². The molecule has 1 aromatic rings. The number of likely N-dealkylation sites (N-methyl/N-ethyl adjacent to an activating group) is 1. The van der Waals surface area contributed by atoms with Crippen LogP contribution in [0.15, 0.2) is 30.3 Å². The molecule has 0 spiro atoms. The van der Waals surface area contributed by atoms with Crippen LogP contribution in [0.1, 0.15) is 33.6 Å². The summed E-state index contributed by atoms with van der Waals surface area (Å²) >= 11 is 0. The molecule has 3 amide bonds. The maximum absolute atomic E-state index is 13.1. The zero-order valence-corrected chi connectivity index (χ0v) is 20.8. The normalized spacial score (nSPS) is 21.6. The van der Waals surface area contributed by atoms with E-state index in [1.54, 1.807) is 25.7 Å². The fraction of sp³-hybridized carbons (Fsp3) is 0.640. The number of nitrogens with one attached hydrogen (secondary N) is 1. The van der Waals surface area contributed by atoms with Crippen molar-refractivity contribution in [1.29, 1.82) is 0 Å². The first kappa shape index (κ1) is 25.8. The highest BCUT2D eigenvalue weighted by atomic mass is 16.6. The summed E-state index contributed by atoms with van der Waals surface area (Å²) in [5.41, 5.74) is -0.630. The van der Waals surface area contributed by atoms with E-state index in [1.807, 2.05) is 35.2 Å². The molecule has 0 saturated carbocycles. The van der Waals surface area contributed by atoms with Gasteiger partial charge in [-0.2, -0.15) is 0 Å². The lowest BCUT2D eigenvalue weighted by atomic mass is 9.90. The van der Waals surface area contributed by atoms with Crippen LogP contribution >= 0.6 is 0 Å². The standard InChI is InChI=1S/C25H38N4O5/c1-25(2,3)34-24(32)26-17-23(31)29-11-10-21(33-20-8-6-5-7-9-20)19(18-29)16-22(30)28-14-12-27(4)13-15-28/h5-9,19,21H,10-18H2,1-4H3,(H,26,32)/t19-,21-/m0/s1. The lowest BCUT2D eigenvalue weighted by Gasteiger charge is -2.40. The van der Waals surface area contributed by atoms with E-state index in [0.717, 1.165) is 18.8 Å². The molecule has 2 aliphatic heterocycles. The van der Waals surface area contributed by atoms with Crippen LogP contribution in [0.2, 0.25) is 0 Å². The molecule has 0 unspecified atom stereocenters. The number of para-hydroxylation sites is 1. The Morgan fingerprint density at radius 3 is 2.29 bits per heavy atom. The van der Waals surface area contributed by atoms with Gasteiger partial charge < -0.3 is 29.5 Å². The van der Waals surface area contributed by atoms with E-state index in [2.05, 4.69) is 17.3 Å². The molecule has 2 atom stereocenters. The summed E-state index contributed by atoms with van der Waals surface area (Å²) in [5.74, 6) is 0.532. The Morgan fingerprint density at radius 1 is 0.971 bits per heavy atom. The predicted molar refractivity (Wildman–Crippen MR) is 128 cm³/mol. The SMILES string of the molecule is CN1CCN(C(=O)C[C@H]2CN(C(=O)CNC(=O)OC(C)(C)C)CC[C@@H]2Oc2ccccc2)CC1. The van der Waals surface area contributed by atoms with Crippen LogP contribution in [0.3, 0.4) is 0 Å². The maximum atomic E-state index is 13.1. The number of piperazine rings is 1. The number of hydrogen-bond donors (Lipinski definition) is 1. The lowest BCUT2D eigenvalue weighted by molar-refractivity contribution is -0.139. The van der Waals surface area contributed by atoms with Gasteiger partial charge in [0.1, 0.15) is 24.0 Å². The number of benzene rings is 1. The van der Waals surface area contributed by atoms with Gasteiger partial charge in [-0.3, -0.25) is 9.59 Å². The number of ether oxygens (including phenoxy) is 2. The Bertz CT molecular complexity index is 833. The van der Waals surface area contributed by atoms with Gasteiger partial charge in [0.15, 0.2) is 0 Å². The minimum Gasteiger partial charge on any atom is -0.490 e. The lowest BCUT2D eigenvalue weighted by Crippen LogP contribution is -2.53. The summed E-state index contributed by atoms with van der Waals surface area (Å²) in [4.78, 5) is 43.6. The molecular formula is C25H38N4O5. The molecule has 1 N–H and O–H groups in total. The summed E-state index contributed by atoms with van der Waals surface area (Å²) in [7, 11) is 2.06. The second-order valence-corrected chi connectivity index (χ2v) is 10.1. The first-order valence-electron chi connectivity index (χ1n) is 12.0. The van der Waals surface area contributed by atoms with E-state index in [1.165, 1.54) is 0 Å². The van der Waals surface area contributed by atoms with E-state index in [-0.39, 0.29) is 30.4 Å². The van der Waals surface area contributed by atoms with Gasteiger partial charge in [0.05, 0.1) is 0 Å². The third-order valence-electron chi connectivity index (χ3n) is 6.12. The van der Waals surface area contributed by atoms with Crippen molar-refractivity contribution in [1.82, 2.24) is 20.0 Å². The quantitative estimate of drug-likeness (QED) is 0.678. The highest BCUT2D eigenvalue weighted by Gasteiger charge is 2.35. The van der Waals surface area contributed by atoms with Gasteiger partial charge in [-0.05, 0) is 40.0 Å². The zero-order valence-electron chi connectivity index (χ0n) is 20.8. The first-order valence-corrected chi connectivity index (χ1v) is 12.0. The Morgan fingerprint density at radius 2 is 1.65 bits per heavy atom. The van der Waals surface area contributed by atoms with Gasteiger partial charge in [-0.15, -0.1) is 0 Å². The van der Waals surface area contributed by atoms with Crippen LogP contribution < -0.4 is 10.1 Å². The molecule has 188 valence electrons. The zero-order chi connectivity index (χ0) is 24.7. The summed E-state index contributed by atoms with van der Waals surface area (Å²) in [5, 5.41) is 2.54. The molecule has 9 heteroatoms. The number of likely N-dealkylation sites (tertiary alicyclic amines) is 1. The van der Waals surface area contributed by atoms with E-state index in [9.17, 15) is 14.4 Å². The minimum atomic E-state index is -0.630. The number of carbonyl (C=O) groups is 3. The number of hydrogen-bond acceptors (Lipinski definition) is 6. The monoisotopic (exact) mass is 474 g/mol. The average Bonchev–Trinajstić information content (AvgIpc) is 2.78. The van der Waals surface area contributed by atoms with Crippen molar-refractivity contribution in [2.24, 2.45) is 5.92 Å². The van der Waals surface area contributed by atoms with Gasteiger partial charge in [-0.25, -0.2) is 4.79 Å². The van der Waals surface area contributed by atoms with Crippen molar-refractivity contribution in [3.05, 3.63) is 30.3 Å². The van der Waals surface area contributed by atoms with Crippen molar-refractivity contribution in [3.63, 3.8) is 0 Å². The molecule has 2 saturated heterocycles. The van der Waals surface area contributed by atoms with Crippen molar-refractivity contribution >= 4 is 17.9 Å². The average molecular weight is 475 g/mol. The molecule has 2 fully saturated rings. The van der Waals surface area contributed by atoms with E-state index < -0.39 is 11.7 Å². The van der Waals surface area contributed by atoms with Crippen LogP contribution in [-0.2, 0) is 14.3 Å². The highest BCUT2D eigenvalue weighted by molar-refractivity contribution is 5.82. The van der Waals surface area contributed by atoms with Gasteiger partial charge >= 0.3 is 6.09 Å². The van der Waals surface area contributed by atoms with Crippen LogP contribution in [0.4, 0.5) is 4.79 Å². The molecular weight excluding hydrogens is 436 g/mol. The van der Waals surface area contributed by atoms with Gasteiger partial charge in [-0.1, -0.05) is 18.2 Å². The third kappa shape index (κ3) is 7.90. The summed E-state index contributed by atoms with van der Waals surface area (Å²) in [6.07, 6.45) is 0.157. The fourth-order valence-electron chi connectivity index (χ4n) is 4.25. The smallest absolute Gasteiger partial charge is 0.408 e. The van der Waals surface area contributed by atoms with Gasteiger partial charge in [0.2, 0.25) is 11.8 Å². The van der Waals surface area contributed by atoms with Crippen molar-refractivity contribution < 1.29 is 23.9 Å². The number of amides is 3. The predicted octanol–water partition coefficient (Wildman–Crippen LogP) is 1.97. The number of nitrogens with zero attached hydrogens (tertiary/aromatic N) is 3. The van der Waals surface area contributed by atoms with E-state index >= 15 is 0 Å². The summed E-state index contributed by atoms with van der Waals surface area (Å²) < 4.78 is 11.5. The molecule has 0 aliphatic carbocycles. The Hall–Kier alpha value is -2.81. The summed E-state index contributed by atoms with van der Waals surface area (Å²) in [6, 6.07) is 9.57. The highest BCUT2D eigenvalue weighted by Crippen LogP contribution is 2.26. The largest absolute Gasteiger partial charge is 0.490 e. The Labute approximate surface area is 202 Å². The number of carbonyl (C=O) groups excluding carboxylic acids is 3. The Kier molecular flexibility index (Phi) is 8.77. The molecule has 0 bridgehead atoms. The van der Waals surface area contributed by atoms with Crippen molar-refractivity contribution in [2.45, 2.75) is 45.3 Å². The van der Waals surface area contributed by atoms with Crippen LogP contribution in [-0.4, -0.2) is 97.2 Å². The molecule has 3 rings (SSSR count). The third-order valence-corrected chi connectivity index (χ3v) is 6.12. The number of piperidine rings is 1. The van der Waals surface area contributed by atoms with Crippen molar-refractivity contribution in [2.75, 3.05) is 52.9 Å². The molecule has 0 radical (unpaired) electrons. The van der Waals surface area contributed by atoms with Crippen LogP contribution in [0, 0.1) is 5.92 Å².